The van der Waals surface area contributed by atoms with Crippen molar-refractivity contribution < 1.29 is 31.6 Å². The summed E-state index contributed by atoms with van der Waals surface area (Å²) in [5.41, 5.74) is 0. The third-order valence-electron chi connectivity index (χ3n) is 0.713. The third kappa shape index (κ3) is 5.07. The van der Waals surface area contributed by atoms with Crippen molar-refractivity contribution in [3.05, 3.63) is 30.3 Å². The number of hydrogen-bond acceptors (Lipinski definition) is 0. The van der Waals surface area contributed by atoms with Crippen molar-refractivity contribution in [1.29, 1.82) is 0 Å². The second kappa shape index (κ2) is 6.72. The van der Waals surface area contributed by atoms with Crippen molar-refractivity contribution >= 4 is 13.9 Å². The number of hydrogen-bond donors (Lipinski definition) is 0. The summed E-state index contributed by atoms with van der Waals surface area (Å²) in [5, 5.41) is 0. The molecule has 0 aliphatic carbocycles. The Morgan fingerprint density at radius 3 is 1.67 bits per heavy atom. The van der Waals surface area contributed by atoms with Gasteiger partial charge in [0.25, 0.3) is 0 Å². The molecule has 1 aromatic carbocycles. The van der Waals surface area contributed by atoms with Crippen LogP contribution in [0.3, 0.4) is 0 Å². The fraction of sp³-hybridized carbons (Fsp3) is 0. The minimum absolute atomic E-state index is 0. The molecule has 0 saturated carbocycles. The molecule has 3 heteroatoms. The van der Waals surface area contributed by atoms with Gasteiger partial charge in [-0.3, -0.25) is 0 Å². The Bertz CT molecular complexity index is 143. The zero-order chi connectivity index (χ0) is 5.11. The average Bonchev–Trinajstić information content (AvgIpc) is 1.69. The summed E-state index contributed by atoms with van der Waals surface area (Å²) in [4.78, 5) is 0. The number of benzene rings is 1. The molecule has 9 heavy (non-hydrogen) atoms. The first-order chi connectivity index (χ1) is 3.39. The summed E-state index contributed by atoms with van der Waals surface area (Å²) in [7, 11) is 0. The Labute approximate surface area is 75.9 Å². The maximum atomic E-state index is 3.07. The summed E-state index contributed by atoms with van der Waals surface area (Å²) in [6.45, 7) is 0. The zero-order valence-corrected chi connectivity index (χ0v) is 8.51. The zero-order valence-electron chi connectivity index (χ0n) is 4.79. The van der Waals surface area contributed by atoms with Crippen molar-refractivity contribution in [2.75, 3.05) is 0 Å². The van der Waals surface area contributed by atoms with Gasteiger partial charge in [0.15, 0.2) is 0 Å². The molecule has 0 radical (unpaired) electrons. The molecule has 0 nitrogen and oxygen atoms in total. The Kier molecular flexibility index (Phi) is 9.18. The average molecular weight is 253 g/mol. The quantitative estimate of drug-likeness (QED) is 0.368. The van der Waals surface area contributed by atoms with Gasteiger partial charge >= 0.3 is 53.6 Å². The van der Waals surface area contributed by atoms with E-state index in [0.717, 1.165) is 0 Å². The van der Waals surface area contributed by atoms with Gasteiger partial charge in [-0.1, -0.05) is 0 Å². The third-order valence-corrected chi connectivity index (χ3v) is 1.23. The van der Waals surface area contributed by atoms with Crippen LogP contribution in [0.2, 0.25) is 0 Å². The van der Waals surface area contributed by atoms with Gasteiger partial charge in [0.2, 0.25) is 0 Å². The molecule has 1 aromatic rings. The molecule has 1 rings (SSSR count). The normalized spacial score (nSPS) is 6.89. The Morgan fingerprint density at radius 1 is 1.00 bits per heavy atom. The fourth-order valence-corrected chi connectivity index (χ4v) is 0.702. The van der Waals surface area contributed by atoms with Gasteiger partial charge in [0, 0.05) is 0 Å². The SMILES string of the molecule is P.[Cl-].[Pd+][c]1ccccc1. The summed E-state index contributed by atoms with van der Waals surface area (Å²) in [6.07, 6.45) is 0. The van der Waals surface area contributed by atoms with Crippen LogP contribution in [0.1, 0.15) is 0 Å². The van der Waals surface area contributed by atoms with Crippen LogP contribution in [0.5, 0.6) is 0 Å². The van der Waals surface area contributed by atoms with Gasteiger partial charge in [0.1, 0.15) is 0 Å². The van der Waals surface area contributed by atoms with E-state index in [1.165, 1.54) is 4.04 Å². The predicted octanol–water partition coefficient (Wildman–Crippen LogP) is -2.08. The Hall–Kier alpha value is 0.602. The van der Waals surface area contributed by atoms with Crippen LogP contribution in [-0.2, 0) is 19.2 Å². The second-order valence-electron chi connectivity index (χ2n) is 1.26. The fourth-order valence-electron chi connectivity index (χ4n) is 0.403. The van der Waals surface area contributed by atoms with Crippen molar-refractivity contribution in [3.63, 3.8) is 0 Å². The van der Waals surface area contributed by atoms with Crippen LogP contribution < -0.4 is 16.4 Å². The molecule has 54 valence electrons. The molecule has 0 spiro atoms. The summed E-state index contributed by atoms with van der Waals surface area (Å²) in [6, 6.07) is 10.0. The van der Waals surface area contributed by atoms with Crippen LogP contribution >= 0.6 is 9.90 Å². The maximum absolute atomic E-state index is 3.07. The number of halogens is 1. The predicted molar refractivity (Wildman–Crippen MR) is 37.2 cm³/mol. The molecule has 0 aliphatic rings. The van der Waals surface area contributed by atoms with Crippen molar-refractivity contribution in [2.24, 2.45) is 0 Å². The molecule has 0 aromatic heterocycles. The van der Waals surface area contributed by atoms with Crippen LogP contribution in [0.4, 0.5) is 0 Å². The van der Waals surface area contributed by atoms with E-state index in [1.807, 2.05) is 30.3 Å². The van der Waals surface area contributed by atoms with E-state index in [9.17, 15) is 0 Å². The van der Waals surface area contributed by atoms with Crippen molar-refractivity contribution in [1.82, 2.24) is 0 Å². The molecule has 0 saturated heterocycles. The van der Waals surface area contributed by atoms with E-state index in [1.54, 1.807) is 0 Å². The molecule has 0 fully saturated rings. The van der Waals surface area contributed by atoms with Crippen LogP contribution in [-0.4, -0.2) is 0 Å². The summed E-state index contributed by atoms with van der Waals surface area (Å²) >= 11 is 3.07. The summed E-state index contributed by atoms with van der Waals surface area (Å²) < 4.78 is 1.17. The van der Waals surface area contributed by atoms with E-state index in [-0.39, 0.29) is 22.3 Å². The molecule has 0 bridgehead atoms. The minimum atomic E-state index is 0. The van der Waals surface area contributed by atoms with Crippen LogP contribution in [0.15, 0.2) is 30.3 Å². The van der Waals surface area contributed by atoms with Crippen molar-refractivity contribution in [2.45, 2.75) is 0 Å². The molecule has 0 N–H and O–H groups in total. The molecule has 1 atom stereocenters. The van der Waals surface area contributed by atoms with E-state index < -0.39 is 0 Å². The standard InChI is InChI=1S/C6H5.ClH.H3P.Pd/c1-2-4-6-5-3-1;;;/h1-5H;1H;1H3;/q;;;+1/p-1. The topological polar surface area (TPSA) is 0 Å². The molecule has 1 unspecified atom stereocenters. The van der Waals surface area contributed by atoms with E-state index in [0.29, 0.717) is 0 Å². The van der Waals surface area contributed by atoms with Crippen molar-refractivity contribution in [3.8, 4) is 0 Å². The van der Waals surface area contributed by atoms with Gasteiger partial charge in [0.05, 0.1) is 0 Å². The molecule has 0 heterocycles. The van der Waals surface area contributed by atoms with Gasteiger partial charge in [-0.15, -0.1) is 0 Å². The number of rotatable bonds is 0. The first kappa shape index (κ1) is 12.3. The van der Waals surface area contributed by atoms with Gasteiger partial charge < -0.3 is 12.4 Å². The molecular weight excluding hydrogens is 245 g/mol. The Balaban J connectivity index is 0. The monoisotopic (exact) mass is 252 g/mol. The van der Waals surface area contributed by atoms with Crippen LogP contribution in [0, 0.1) is 0 Å². The van der Waals surface area contributed by atoms with Crippen LogP contribution in [0.25, 0.3) is 0 Å². The first-order valence-electron chi connectivity index (χ1n) is 2.07. The first-order valence-corrected chi connectivity index (χ1v) is 2.85. The molecular formula is C6H8ClPPd. The molecule has 0 amide bonds. The van der Waals surface area contributed by atoms with E-state index in [4.69, 9.17) is 0 Å². The van der Waals surface area contributed by atoms with E-state index >= 15 is 0 Å². The second-order valence-corrected chi connectivity index (χ2v) is 2.16. The summed E-state index contributed by atoms with van der Waals surface area (Å²) in [5.74, 6) is 0. The van der Waals surface area contributed by atoms with Gasteiger partial charge in [-0.05, 0) is 0 Å². The van der Waals surface area contributed by atoms with Gasteiger partial charge in [-0.25, -0.2) is 0 Å². The van der Waals surface area contributed by atoms with E-state index in [2.05, 4.69) is 19.2 Å². The van der Waals surface area contributed by atoms with Gasteiger partial charge in [-0.2, -0.15) is 9.90 Å². The Morgan fingerprint density at radius 2 is 1.44 bits per heavy atom. The molecule has 0 aliphatic heterocycles.